The first-order valence-electron chi connectivity index (χ1n) is 33.1. The van der Waals surface area contributed by atoms with Crippen molar-refractivity contribution in [3.05, 3.63) is 227 Å². The maximum absolute atomic E-state index is 16.0. The number of nitrogens with zero attached hydrogens (tertiary/aromatic N) is 2. The van der Waals surface area contributed by atoms with E-state index in [-0.39, 0.29) is 107 Å². The fraction of sp³-hybridized carbons (Fsp3) is 0.351. The van der Waals surface area contributed by atoms with Gasteiger partial charge in [0.1, 0.15) is 34.5 Å². The standard InChI is InChI=1S/C77H84Cl8N8O6/c1-15-59(98-61-32-26-43(74(7,8)17-3)34-49(61)76(11,12)19-5)70(94)86-47-28-30-51(80)57(40-47)88-68-64(72(96)92(90-68)66-53(82)36-45(78)37-54(66)83)63(42-24-22-21-23-25-42)65-69(91-93(73(65)97)67-55(84)38-46(79)39-56(67)85)89-58-41-48(29-31-52(58)81)87-71(95)60(16-2)99-62-33-27-44(75(9,10)18-4)35-50(62)77(13,14)20-6/h21-41,59-60,63,88-91H,15-20H2,1-14H3,(H,86,94)(H,87,95). The van der Waals surface area contributed by atoms with E-state index in [1.807, 2.05) is 26.0 Å². The Morgan fingerprint density at radius 2 is 0.798 bits per heavy atom. The lowest BCUT2D eigenvalue weighted by Crippen LogP contribution is -2.33. The Kier molecular flexibility index (Phi) is 23.9. The summed E-state index contributed by atoms with van der Waals surface area (Å²) in [6, 6.07) is 36.7. The molecule has 524 valence electrons. The SMILES string of the molecule is CCC(Oc1ccc(C(C)(C)CC)cc1C(C)(C)CC)C(=O)Nc1ccc(Cl)c(Nc2[nH]n(-c3c(Cl)cc(Cl)cc3Cl)c(=O)c2C(c2ccccc2)c2c(Nc3cc(NC(=O)C(CC)Oc4ccc(C(C)(C)CC)cc4C(C)(C)CC)ccc3Cl)[nH]n(-c3c(Cl)cc(Cl)cc3Cl)c2=O)c1. The second kappa shape index (κ2) is 31.1. The molecule has 6 N–H and O–H groups in total. The van der Waals surface area contributed by atoms with Crippen LogP contribution in [-0.4, -0.2) is 43.6 Å². The van der Waals surface area contributed by atoms with Crippen molar-refractivity contribution >= 4 is 139 Å². The van der Waals surface area contributed by atoms with Gasteiger partial charge in [-0.3, -0.25) is 29.4 Å². The van der Waals surface area contributed by atoms with Gasteiger partial charge in [-0.2, -0.15) is 0 Å². The number of hydrogen-bond donors (Lipinski definition) is 6. The van der Waals surface area contributed by atoms with Gasteiger partial charge in [-0.15, -0.1) is 0 Å². The smallest absolute Gasteiger partial charge is 0.277 e. The van der Waals surface area contributed by atoms with Crippen LogP contribution in [0.25, 0.3) is 11.4 Å². The Hall–Kier alpha value is -6.98. The fourth-order valence-electron chi connectivity index (χ4n) is 11.6. The number of halogens is 8. The van der Waals surface area contributed by atoms with Gasteiger partial charge in [-0.25, -0.2) is 9.36 Å². The van der Waals surface area contributed by atoms with Crippen LogP contribution in [0.1, 0.15) is 180 Å². The highest BCUT2D eigenvalue weighted by atomic mass is 35.5. The number of amides is 2. The van der Waals surface area contributed by atoms with Crippen molar-refractivity contribution in [2.24, 2.45) is 0 Å². The molecule has 0 saturated heterocycles. The van der Waals surface area contributed by atoms with Gasteiger partial charge in [-0.05, 0) is 150 Å². The van der Waals surface area contributed by atoms with Crippen molar-refractivity contribution in [1.29, 1.82) is 0 Å². The first kappa shape index (κ1) is 76.2. The van der Waals surface area contributed by atoms with E-state index < -0.39 is 41.1 Å². The first-order valence-corrected chi connectivity index (χ1v) is 36.2. The summed E-state index contributed by atoms with van der Waals surface area (Å²) in [5.41, 5.74) is 3.57. The van der Waals surface area contributed by atoms with E-state index in [0.29, 0.717) is 41.3 Å². The molecule has 0 bridgehead atoms. The minimum absolute atomic E-state index is 0.000867. The van der Waals surface area contributed by atoms with Crippen LogP contribution in [0.4, 0.5) is 34.4 Å². The quantitative estimate of drug-likeness (QED) is 0.0295. The van der Waals surface area contributed by atoms with Gasteiger partial charge >= 0.3 is 0 Å². The normalized spacial score (nSPS) is 13.0. The molecule has 2 atom stereocenters. The summed E-state index contributed by atoms with van der Waals surface area (Å²) in [7, 11) is 0. The van der Waals surface area contributed by atoms with E-state index >= 15 is 9.59 Å². The second-order valence-electron chi connectivity index (χ2n) is 27.4. The highest BCUT2D eigenvalue weighted by molar-refractivity contribution is 6.41. The van der Waals surface area contributed by atoms with Crippen LogP contribution in [0.3, 0.4) is 0 Å². The van der Waals surface area contributed by atoms with Crippen molar-refractivity contribution in [2.75, 3.05) is 21.3 Å². The van der Waals surface area contributed by atoms with E-state index in [1.54, 1.807) is 66.7 Å². The zero-order valence-electron chi connectivity index (χ0n) is 58.0. The minimum atomic E-state index is -1.36. The Labute approximate surface area is 619 Å². The molecule has 2 heterocycles. The third-order valence-corrected chi connectivity index (χ3v) is 21.6. The maximum Gasteiger partial charge on any atom is 0.277 e. The van der Waals surface area contributed by atoms with Crippen LogP contribution in [0.15, 0.2) is 137 Å². The second-order valence-corrected chi connectivity index (χ2v) is 30.7. The van der Waals surface area contributed by atoms with Gasteiger partial charge in [0.2, 0.25) is 0 Å². The van der Waals surface area contributed by atoms with Gasteiger partial charge < -0.3 is 30.7 Å². The number of carbonyl (C=O) groups excluding carboxylic acids is 2. The topological polar surface area (TPSA) is 176 Å². The molecule has 2 aromatic heterocycles. The highest BCUT2D eigenvalue weighted by Gasteiger charge is 2.37. The van der Waals surface area contributed by atoms with Crippen LogP contribution < -0.4 is 41.9 Å². The monoisotopic (exact) mass is 1500 g/mol. The summed E-state index contributed by atoms with van der Waals surface area (Å²) in [5.74, 6) is -0.968. The number of aromatic amines is 2. The largest absolute Gasteiger partial charge is 0.480 e. The lowest BCUT2D eigenvalue weighted by Gasteiger charge is -2.31. The van der Waals surface area contributed by atoms with Crippen molar-refractivity contribution in [3.8, 4) is 22.9 Å². The highest BCUT2D eigenvalue weighted by Crippen LogP contribution is 2.45. The summed E-state index contributed by atoms with van der Waals surface area (Å²) < 4.78 is 15.6. The number of aromatic nitrogens is 4. The fourth-order valence-corrected chi connectivity index (χ4v) is 13.9. The van der Waals surface area contributed by atoms with Gasteiger partial charge in [0.15, 0.2) is 12.2 Å². The molecular weight excluding hydrogens is 1420 g/mol. The third kappa shape index (κ3) is 16.5. The number of benzene rings is 7. The zero-order chi connectivity index (χ0) is 72.4. The molecule has 22 heteroatoms. The number of H-pyrrole nitrogens is 2. The number of ether oxygens (including phenoxy) is 2. The van der Waals surface area contributed by atoms with Gasteiger partial charge in [0.25, 0.3) is 22.9 Å². The van der Waals surface area contributed by atoms with E-state index in [4.69, 9.17) is 102 Å². The number of anilines is 6. The predicted molar refractivity (Wildman–Crippen MR) is 413 cm³/mol. The first-order chi connectivity index (χ1) is 46.7. The molecule has 0 spiro atoms. The number of rotatable bonds is 27. The summed E-state index contributed by atoms with van der Waals surface area (Å²) in [6.45, 7) is 29.9. The van der Waals surface area contributed by atoms with Gasteiger partial charge in [0.05, 0.1) is 58.6 Å². The van der Waals surface area contributed by atoms with Crippen LogP contribution in [0.5, 0.6) is 11.5 Å². The van der Waals surface area contributed by atoms with Crippen molar-refractivity contribution in [1.82, 2.24) is 19.6 Å². The summed E-state index contributed by atoms with van der Waals surface area (Å²) in [6.07, 6.45) is 2.35. The number of carbonyl (C=O) groups is 2. The lowest BCUT2D eigenvalue weighted by atomic mass is 9.76. The lowest BCUT2D eigenvalue weighted by molar-refractivity contribution is -0.123. The predicted octanol–water partition coefficient (Wildman–Crippen LogP) is 22.9. The molecule has 0 aliphatic rings. The molecule has 99 heavy (non-hydrogen) atoms. The molecule has 0 saturated carbocycles. The summed E-state index contributed by atoms with van der Waals surface area (Å²) >= 11 is 55.1. The van der Waals surface area contributed by atoms with E-state index in [2.05, 4.69) is 139 Å². The molecule has 2 unspecified atom stereocenters. The molecule has 2 amide bonds. The number of hydrogen-bond acceptors (Lipinski definition) is 8. The average molecular weight is 1500 g/mol. The Balaban J connectivity index is 1.16. The molecule has 0 radical (unpaired) electrons. The van der Waals surface area contributed by atoms with Crippen molar-refractivity contribution < 1.29 is 19.1 Å². The Bertz CT molecular complexity index is 4300. The number of nitrogens with one attached hydrogen (secondary N) is 6. The van der Waals surface area contributed by atoms with E-state index in [9.17, 15) is 9.59 Å². The van der Waals surface area contributed by atoms with Crippen LogP contribution in [0, 0.1) is 0 Å². The van der Waals surface area contributed by atoms with Crippen molar-refractivity contribution in [3.63, 3.8) is 0 Å². The van der Waals surface area contributed by atoms with Gasteiger partial charge in [0, 0.05) is 32.5 Å². The maximum atomic E-state index is 16.0. The molecule has 0 aliphatic carbocycles. The molecule has 9 rings (SSSR count). The molecule has 7 aromatic carbocycles. The van der Waals surface area contributed by atoms with Gasteiger partial charge in [-0.1, -0.05) is 244 Å². The zero-order valence-corrected chi connectivity index (χ0v) is 64.0. The van der Waals surface area contributed by atoms with Crippen LogP contribution in [-0.2, 0) is 31.2 Å². The van der Waals surface area contributed by atoms with Crippen LogP contribution in [0.2, 0.25) is 40.2 Å². The molecular formula is C77H84Cl8N8O6. The third-order valence-electron chi connectivity index (χ3n) is 19.3. The average Bonchev–Trinajstić information content (AvgIpc) is 1.61. The Morgan fingerprint density at radius 1 is 0.444 bits per heavy atom. The summed E-state index contributed by atoms with van der Waals surface area (Å²) in [5, 5.41) is 19.9. The molecule has 0 fully saturated rings. The Morgan fingerprint density at radius 3 is 1.13 bits per heavy atom. The van der Waals surface area contributed by atoms with E-state index in [0.717, 1.165) is 46.2 Å². The van der Waals surface area contributed by atoms with Crippen LogP contribution >= 0.6 is 92.8 Å². The molecule has 14 nitrogen and oxygen atoms in total. The summed E-state index contributed by atoms with van der Waals surface area (Å²) in [4.78, 5) is 61.1. The minimum Gasteiger partial charge on any atom is -0.480 e. The molecule has 9 aromatic rings. The molecule has 0 aliphatic heterocycles. The van der Waals surface area contributed by atoms with E-state index in [1.165, 1.54) is 35.4 Å². The van der Waals surface area contributed by atoms with Crippen molar-refractivity contribution in [2.45, 2.75) is 175 Å².